The molecule has 1 heterocycles. The van der Waals surface area contributed by atoms with E-state index < -0.39 is 10.0 Å². The Bertz CT molecular complexity index is 891. The van der Waals surface area contributed by atoms with Gasteiger partial charge < -0.3 is 4.74 Å². The Labute approximate surface area is 162 Å². The van der Waals surface area contributed by atoms with E-state index in [1.807, 2.05) is 18.2 Å². The lowest BCUT2D eigenvalue weighted by molar-refractivity contribution is 0.0875. The van der Waals surface area contributed by atoms with E-state index in [4.69, 9.17) is 4.74 Å². The van der Waals surface area contributed by atoms with Crippen molar-refractivity contribution in [2.45, 2.75) is 17.7 Å². The SMILES string of the molecule is COc1ccc(S(=O)(=O)N2CCC(C(=O)c3ccccc3)CC2)cc1Br. The summed E-state index contributed by atoms with van der Waals surface area (Å²) in [5.74, 6) is 0.539. The molecule has 0 aromatic heterocycles. The maximum absolute atomic E-state index is 12.9. The Hall–Kier alpha value is -1.70. The standard InChI is InChI=1S/C19H20BrNO4S/c1-25-18-8-7-16(13-17(18)20)26(23,24)21-11-9-15(10-12-21)19(22)14-5-3-2-4-6-14/h2-8,13,15H,9-12H2,1H3. The molecule has 1 aliphatic heterocycles. The average Bonchev–Trinajstić information content (AvgIpc) is 2.68. The monoisotopic (exact) mass is 437 g/mol. The van der Waals surface area contributed by atoms with Crippen LogP contribution in [-0.4, -0.2) is 38.7 Å². The number of benzene rings is 2. The highest BCUT2D eigenvalue weighted by Gasteiger charge is 2.32. The summed E-state index contributed by atoms with van der Waals surface area (Å²) in [7, 11) is -2.06. The van der Waals surface area contributed by atoms with Crippen LogP contribution in [0.4, 0.5) is 0 Å². The van der Waals surface area contributed by atoms with E-state index in [1.54, 1.807) is 30.3 Å². The molecule has 2 aromatic carbocycles. The van der Waals surface area contributed by atoms with Crippen molar-refractivity contribution < 1.29 is 17.9 Å². The first-order valence-corrected chi connectivity index (χ1v) is 10.6. The lowest BCUT2D eigenvalue weighted by atomic mass is 9.90. The number of piperidine rings is 1. The number of halogens is 1. The number of ether oxygens (including phenoxy) is 1. The predicted molar refractivity (Wildman–Crippen MR) is 103 cm³/mol. The molecule has 1 aliphatic rings. The van der Waals surface area contributed by atoms with E-state index in [0.717, 1.165) is 0 Å². The van der Waals surface area contributed by atoms with Crippen molar-refractivity contribution >= 4 is 31.7 Å². The Balaban J connectivity index is 1.71. The van der Waals surface area contributed by atoms with Gasteiger partial charge in [0.15, 0.2) is 5.78 Å². The van der Waals surface area contributed by atoms with Crippen molar-refractivity contribution in [2.75, 3.05) is 20.2 Å². The molecule has 26 heavy (non-hydrogen) atoms. The second-order valence-corrected chi connectivity index (χ2v) is 9.00. The number of hydrogen-bond acceptors (Lipinski definition) is 4. The van der Waals surface area contributed by atoms with Crippen LogP contribution >= 0.6 is 15.9 Å². The Kier molecular flexibility index (Phi) is 5.79. The van der Waals surface area contributed by atoms with Gasteiger partial charge >= 0.3 is 0 Å². The molecule has 2 aromatic rings. The molecular formula is C19H20BrNO4S. The van der Waals surface area contributed by atoms with Crippen LogP contribution in [0.5, 0.6) is 5.75 Å². The third kappa shape index (κ3) is 3.84. The van der Waals surface area contributed by atoms with Crippen molar-refractivity contribution in [1.82, 2.24) is 4.31 Å². The molecule has 0 aliphatic carbocycles. The second-order valence-electron chi connectivity index (χ2n) is 6.20. The lowest BCUT2D eigenvalue weighted by Crippen LogP contribution is -2.40. The summed E-state index contributed by atoms with van der Waals surface area (Å²) < 4.78 is 32.9. The van der Waals surface area contributed by atoms with Crippen LogP contribution in [0.25, 0.3) is 0 Å². The number of carbonyl (C=O) groups is 1. The molecule has 0 radical (unpaired) electrons. The molecule has 5 nitrogen and oxygen atoms in total. The van der Waals surface area contributed by atoms with Crippen molar-refractivity contribution in [3.8, 4) is 5.75 Å². The zero-order valence-electron chi connectivity index (χ0n) is 14.4. The second kappa shape index (κ2) is 7.90. The largest absolute Gasteiger partial charge is 0.496 e. The van der Waals surface area contributed by atoms with Gasteiger partial charge in [-0.15, -0.1) is 0 Å². The van der Waals surface area contributed by atoms with Crippen LogP contribution < -0.4 is 4.74 Å². The minimum Gasteiger partial charge on any atom is -0.496 e. The number of nitrogens with zero attached hydrogens (tertiary/aromatic N) is 1. The van der Waals surface area contributed by atoms with Crippen molar-refractivity contribution in [2.24, 2.45) is 5.92 Å². The van der Waals surface area contributed by atoms with E-state index in [1.165, 1.54) is 11.4 Å². The fraction of sp³-hybridized carbons (Fsp3) is 0.316. The lowest BCUT2D eigenvalue weighted by Gasteiger charge is -2.30. The molecule has 1 saturated heterocycles. The molecule has 0 N–H and O–H groups in total. The number of hydrogen-bond donors (Lipinski definition) is 0. The molecule has 0 amide bonds. The van der Waals surface area contributed by atoms with Gasteiger partial charge in [0.1, 0.15) is 5.75 Å². The summed E-state index contributed by atoms with van der Waals surface area (Å²) in [5, 5.41) is 0. The molecular weight excluding hydrogens is 418 g/mol. The summed E-state index contributed by atoms with van der Waals surface area (Å²) in [4.78, 5) is 12.8. The van der Waals surface area contributed by atoms with Crippen LogP contribution in [0.3, 0.4) is 0 Å². The Morgan fingerprint density at radius 1 is 1.12 bits per heavy atom. The number of carbonyl (C=O) groups excluding carboxylic acids is 1. The van der Waals surface area contributed by atoms with E-state index in [-0.39, 0.29) is 16.6 Å². The molecule has 0 spiro atoms. The van der Waals surface area contributed by atoms with Crippen molar-refractivity contribution in [3.63, 3.8) is 0 Å². The highest BCUT2D eigenvalue weighted by Crippen LogP contribution is 2.31. The fourth-order valence-corrected chi connectivity index (χ4v) is 5.34. The maximum Gasteiger partial charge on any atom is 0.243 e. The van der Waals surface area contributed by atoms with Gasteiger partial charge in [-0.3, -0.25) is 4.79 Å². The van der Waals surface area contributed by atoms with Gasteiger partial charge in [0.05, 0.1) is 16.5 Å². The molecule has 138 valence electrons. The Morgan fingerprint density at radius 3 is 2.35 bits per heavy atom. The van der Waals surface area contributed by atoms with Gasteiger partial charge in [-0.2, -0.15) is 4.31 Å². The smallest absolute Gasteiger partial charge is 0.243 e. The molecule has 0 atom stereocenters. The number of sulfonamides is 1. The summed E-state index contributed by atoms with van der Waals surface area (Å²) in [6.07, 6.45) is 1.06. The fourth-order valence-electron chi connectivity index (χ4n) is 3.15. The summed E-state index contributed by atoms with van der Waals surface area (Å²) in [5.41, 5.74) is 0.688. The highest BCUT2D eigenvalue weighted by atomic mass is 79.9. The van der Waals surface area contributed by atoms with E-state index in [0.29, 0.717) is 41.7 Å². The third-order valence-electron chi connectivity index (χ3n) is 4.64. The van der Waals surface area contributed by atoms with Crippen LogP contribution in [0.2, 0.25) is 0 Å². The van der Waals surface area contributed by atoms with Crippen LogP contribution in [0.15, 0.2) is 57.9 Å². The zero-order valence-corrected chi connectivity index (χ0v) is 16.8. The van der Waals surface area contributed by atoms with Gasteiger partial charge in [0, 0.05) is 24.6 Å². The van der Waals surface area contributed by atoms with Crippen molar-refractivity contribution in [3.05, 3.63) is 58.6 Å². The minimum absolute atomic E-state index is 0.0924. The predicted octanol–water partition coefficient (Wildman–Crippen LogP) is 3.74. The molecule has 0 unspecified atom stereocenters. The van der Waals surface area contributed by atoms with Crippen LogP contribution in [-0.2, 0) is 10.0 Å². The molecule has 7 heteroatoms. The molecule has 1 fully saturated rings. The van der Waals surface area contributed by atoms with E-state index in [9.17, 15) is 13.2 Å². The van der Waals surface area contributed by atoms with Gasteiger partial charge in [-0.25, -0.2) is 8.42 Å². The van der Waals surface area contributed by atoms with Gasteiger partial charge in [-0.05, 0) is 47.0 Å². The number of methoxy groups -OCH3 is 1. The first kappa shape index (κ1) is 19.1. The molecule has 3 rings (SSSR count). The quantitative estimate of drug-likeness (QED) is 0.668. The number of rotatable bonds is 5. The number of ketones is 1. The summed E-state index contributed by atoms with van der Waals surface area (Å²) in [6.45, 7) is 0.685. The Morgan fingerprint density at radius 2 is 1.77 bits per heavy atom. The molecule has 0 saturated carbocycles. The number of Topliss-reactive ketones (excluding diaryl/α,β-unsaturated/α-hetero) is 1. The zero-order chi connectivity index (χ0) is 18.7. The summed E-state index contributed by atoms with van der Waals surface area (Å²) in [6, 6.07) is 13.9. The third-order valence-corrected chi connectivity index (χ3v) is 7.16. The highest BCUT2D eigenvalue weighted by molar-refractivity contribution is 9.10. The van der Waals surface area contributed by atoms with Gasteiger partial charge in [0.2, 0.25) is 10.0 Å². The summed E-state index contributed by atoms with van der Waals surface area (Å²) >= 11 is 3.33. The van der Waals surface area contributed by atoms with Gasteiger partial charge in [-0.1, -0.05) is 30.3 Å². The molecule has 0 bridgehead atoms. The maximum atomic E-state index is 12.9. The normalized spacial score (nSPS) is 16.4. The topological polar surface area (TPSA) is 63.7 Å². The van der Waals surface area contributed by atoms with E-state index >= 15 is 0 Å². The minimum atomic E-state index is -3.59. The first-order valence-electron chi connectivity index (χ1n) is 8.36. The van der Waals surface area contributed by atoms with E-state index in [2.05, 4.69) is 15.9 Å². The average molecular weight is 438 g/mol. The van der Waals surface area contributed by atoms with Crippen LogP contribution in [0, 0.1) is 5.92 Å². The first-order chi connectivity index (χ1) is 12.4. The van der Waals surface area contributed by atoms with Crippen molar-refractivity contribution in [1.29, 1.82) is 0 Å². The van der Waals surface area contributed by atoms with Gasteiger partial charge in [0.25, 0.3) is 0 Å². The van der Waals surface area contributed by atoms with Crippen LogP contribution in [0.1, 0.15) is 23.2 Å².